The van der Waals surface area contributed by atoms with Gasteiger partial charge < -0.3 is 4.74 Å². The topological polar surface area (TPSA) is 26.3 Å². The van der Waals surface area contributed by atoms with Crippen molar-refractivity contribution >= 4 is 33.0 Å². The van der Waals surface area contributed by atoms with Crippen LogP contribution in [0.15, 0.2) is 45.6 Å². The number of halogens is 1. The van der Waals surface area contributed by atoms with Gasteiger partial charge in [0.15, 0.2) is 5.78 Å². The number of ketones is 1. The number of benzene rings is 1. The molecule has 2 aromatic rings. The molecule has 1 aromatic heterocycles. The van der Waals surface area contributed by atoms with Crippen LogP contribution in [0.2, 0.25) is 0 Å². The first-order chi connectivity index (χ1) is 8.25. The van der Waals surface area contributed by atoms with E-state index in [1.54, 1.807) is 0 Å². The van der Waals surface area contributed by atoms with E-state index >= 15 is 0 Å². The smallest absolute Gasteiger partial charge is 0.167 e. The summed E-state index contributed by atoms with van der Waals surface area (Å²) in [5.74, 6) is 0.912. The van der Waals surface area contributed by atoms with Crippen molar-refractivity contribution in [2.45, 2.75) is 6.42 Å². The van der Waals surface area contributed by atoms with Gasteiger partial charge in [0.05, 0.1) is 6.61 Å². The highest BCUT2D eigenvalue weighted by Crippen LogP contribution is 2.16. The van der Waals surface area contributed by atoms with Crippen LogP contribution in [0.25, 0.3) is 0 Å². The number of ether oxygens (including phenoxy) is 1. The number of rotatable bonds is 5. The average Bonchev–Trinajstić information content (AvgIpc) is 2.85. The largest absolute Gasteiger partial charge is 0.493 e. The summed E-state index contributed by atoms with van der Waals surface area (Å²) >= 11 is 4.89. The molecule has 2 rings (SSSR count). The van der Waals surface area contributed by atoms with Gasteiger partial charge in [-0.15, -0.1) is 0 Å². The maximum absolute atomic E-state index is 11.7. The summed E-state index contributed by atoms with van der Waals surface area (Å²) in [6.07, 6.45) is 0.410. The molecule has 4 heteroatoms. The van der Waals surface area contributed by atoms with Gasteiger partial charge >= 0.3 is 0 Å². The molecule has 17 heavy (non-hydrogen) atoms. The van der Waals surface area contributed by atoms with Crippen LogP contribution < -0.4 is 4.74 Å². The first-order valence-electron chi connectivity index (χ1n) is 5.19. The SMILES string of the molecule is O=C(CCOc1ccc(Br)cc1)c1ccsc1. The minimum Gasteiger partial charge on any atom is -0.493 e. The van der Waals surface area contributed by atoms with Crippen LogP contribution in [0.1, 0.15) is 16.8 Å². The van der Waals surface area contributed by atoms with Gasteiger partial charge in [-0.25, -0.2) is 0 Å². The first-order valence-corrected chi connectivity index (χ1v) is 6.93. The molecule has 0 radical (unpaired) electrons. The van der Waals surface area contributed by atoms with Crippen molar-refractivity contribution in [2.75, 3.05) is 6.61 Å². The molecule has 0 aliphatic heterocycles. The minimum absolute atomic E-state index is 0.128. The summed E-state index contributed by atoms with van der Waals surface area (Å²) in [4.78, 5) is 11.7. The Morgan fingerprint density at radius 2 is 2.00 bits per heavy atom. The van der Waals surface area contributed by atoms with Gasteiger partial charge in [-0.05, 0) is 35.7 Å². The molecule has 0 saturated heterocycles. The van der Waals surface area contributed by atoms with E-state index in [0.29, 0.717) is 13.0 Å². The van der Waals surface area contributed by atoms with E-state index in [0.717, 1.165) is 15.8 Å². The molecule has 0 saturated carbocycles. The van der Waals surface area contributed by atoms with Gasteiger partial charge in [0.1, 0.15) is 5.75 Å². The Bertz CT molecular complexity index is 477. The molecular weight excluding hydrogens is 300 g/mol. The van der Waals surface area contributed by atoms with Gasteiger partial charge in [0.2, 0.25) is 0 Å². The van der Waals surface area contributed by atoms with Crippen LogP contribution in [0, 0.1) is 0 Å². The predicted octanol–water partition coefficient (Wildman–Crippen LogP) is 4.16. The van der Waals surface area contributed by atoms with Gasteiger partial charge in [-0.2, -0.15) is 11.3 Å². The lowest BCUT2D eigenvalue weighted by Crippen LogP contribution is -2.05. The van der Waals surface area contributed by atoms with Crippen molar-refractivity contribution in [1.82, 2.24) is 0 Å². The maximum Gasteiger partial charge on any atom is 0.167 e. The first kappa shape index (κ1) is 12.3. The highest BCUT2D eigenvalue weighted by Gasteiger charge is 2.05. The second-order valence-corrected chi connectivity index (χ2v) is 5.18. The molecule has 1 aromatic carbocycles. The molecule has 0 bridgehead atoms. The van der Waals surface area contributed by atoms with Crippen molar-refractivity contribution in [3.63, 3.8) is 0 Å². The van der Waals surface area contributed by atoms with E-state index in [1.165, 1.54) is 11.3 Å². The Labute approximate surface area is 112 Å². The monoisotopic (exact) mass is 310 g/mol. The van der Waals surface area contributed by atoms with Gasteiger partial charge in [-0.1, -0.05) is 15.9 Å². The fourth-order valence-corrected chi connectivity index (χ4v) is 2.28. The summed E-state index contributed by atoms with van der Waals surface area (Å²) in [5.41, 5.74) is 0.773. The second kappa shape index (κ2) is 5.98. The van der Waals surface area contributed by atoms with Crippen LogP contribution in [0.4, 0.5) is 0 Å². The molecule has 0 aliphatic rings. The van der Waals surface area contributed by atoms with E-state index in [2.05, 4.69) is 15.9 Å². The van der Waals surface area contributed by atoms with E-state index in [-0.39, 0.29) is 5.78 Å². The summed E-state index contributed by atoms with van der Waals surface area (Å²) in [6.45, 7) is 0.413. The van der Waals surface area contributed by atoms with Crippen molar-refractivity contribution in [1.29, 1.82) is 0 Å². The van der Waals surface area contributed by atoms with E-state index in [9.17, 15) is 4.79 Å². The van der Waals surface area contributed by atoms with Crippen molar-refractivity contribution < 1.29 is 9.53 Å². The maximum atomic E-state index is 11.7. The number of hydrogen-bond acceptors (Lipinski definition) is 3. The highest BCUT2D eigenvalue weighted by atomic mass is 79.9. The molecule has 0 N–H and O–H groups in total. The highest BCUT2D eigenvalue weighted by molar-refractivity contribution is 9.10. The van der Waals surface area contributed by atoms with Gasteiger partial charge in [0, 0.05) is 21.8 Å². The molecule has 0 fully saturated rings. The van der Waals surface area contributed by atoms with Crippen molar-refractivity contribution in [3.05, 3.63) is 51.1 Å². The zero-order chi connectivity index (χ0) is 12.1. The lowest BCUT2D eigenvalue weighted by Gasteiger charge is -2.05. The number of carbonyl (C=O) groups is 1. The molecule has 0 spiro atoms. The molecule has 88 valence electrons. The third kappa shape index (κ3) is 3.68. The van der Waals surface area contributed by atoms with Crippen LogP contribution in [-0.2, 0) is 0 Å². The Balaban J connectivity index is 1.80. The van der Waals surface area contributed by atoms with Crippen LogP contribution in [-0.4, -0.2) is 12.4 Å². The number of hydrogen-bond donors (Lipinski definition) is 0. The van der Waals surface area contributed by atoms with Crippen molar-refractivity contribution in [2.24, 2.45) is 0 Å². The zero-order valence-electron chi connectivity index (χ0n) is 9.06. The molecule has 0 atom stereocenters. The van der Waals surface area contributed by atoms with Crippen LogP contribution in [0.3, 0.4) is 0 Å². The minimum atomic E-state index is 0.128. The average molecular weight is 311 g/mol. The normalized spacial score (nSPS) is 10.2. The summed E-state index contributed by atoms with van der Waals surface area (Å²) in [7, 11) is 0. The van der Waals surface area contributed by atoms with E-state index < -0.39 is 0 Å². The van der Waals surface area contributed by atoms with E-state index in [1.807, 2.05) is 41.1 Å². The Morgan fingerprint density at radius 3 is 2.65 bits per heavy atom. The van der Waals surface area contributed by atoms with Crippen molar-refractivity contribution in [3.8, 4) is 5.75 Å². The number of thiophene rings is 1. The van der Waals surface area contributed by atoms with Gasteiger partial charge in [-0.3, -0.25) is 4.79 Å². The third-order valence-corrected chi connectivity index (χ3v) is 3.47. The fraction of sp³-hybridized carbons (Fsp3) is 0.154. The lowest BCUT2D eigenvalue weighted by molar-refractivity contribution is 0.0962. The summed E-state index contributed by atoms with van der Waals surface area (Å²) in [6, 6.07) is 9.41. The third-order valence-electron chi connectivity index (χ3n) is 2.25. The zero-order valence-corrected chi connectivity index (χ0v) is 11.5. The molecular formula is C13H11BrO2S. The summed E-state index contributed by atoms with van der Waals surface area (Å²) < 4.78 is 6.50. The van der Waals surface area contributed by atoms with Crippen LogP contribution in [0.5, 0.6) is 5.75 Å². The van der Waals surface area contributed by atoms with Gasteiger partial charge in [0.25, 0.3) is 0 Å². The Morgan fingerprint density at radius 1 is 1.24 bits per heavy atom. The lowest BCUT2D eigenvalue weighted by atomic mass is 10.2. The molecule has 2 nitrogen and oxygen atoms in total. The quantitative estimate of drug-likeness (QED) is 0.775. The molecule has 0 amide bonds. The molecule has 0 unspecified atom stereocenters. The van der Waals surface area contributed by atoms with E-state index in [4.69, 9.17) is 4.74 Å². The Hall–Kier alpha value is -1.13. The second-order valence-electron chi connectivity index (χ2n) is 3.49. The molecule has 0 aliphatic carbocycles. The molecule has 1 heterocycles. The Kier molecular flexibility index (Phi) is 4.34. The van der Waals surface area contributed by atoms with Crippen LogP contribution >= 0.6 is 27.3 Å². The fourth-order valence-electron chi connectivity index (χ4n) is 1.36. The predicted molar refractivity (Wildman–Crippen MR) is 72.9 cm³/mol. The number of carbonyl (C=O) groups excluding carboxylic acids is 1. The number of Topliss-reactive ketones (excluding diaryl/α,β-unsaturated/α-hetero) is 1. The standard InChI is InChI=1S/C13H11BrO2S/c14-11-1-3-12(4-2-11)16-7-5-13(15)10-6-8-17-9-10/h1-4,6,8-9H,5,7H2. The summed E-state index contributed by atoms with van der Waals surface area (Å²) in [5, 5.41) is 3.77.